The summed E-state index contributed by atoms with van der Waals surface area (Å²) in [5.41, 5.74) is 6.68. The molecule has 2 N–H and O–H groups in total. The molecule has 18 heavy (non-hydrogen) atoms. The Morgan fingerprint density at radius 3 is 2.89 bits per heavy atom. The summed E-state index contributed by atoms with van der Waals surface area (Å²) >= 11 is 0. The van der Waals surface area contributed by atoms with Gasteiger partial charge in [0, 0.05) is 24.3 Å². The molecule has 0 spiro atoms. The largest absolute Gasteiger partial charge is 0.384 e. The maximum Gasteiger partial charge on any atom is 0.144 e. The molecule has 2 rings (SSSR count). The van der Waals surface area contributed by atoms with Gasteiger partial charge in [0.2, 0.25) is 0 Å². The molecule has 100 valence electrons. The first-order chi connectivity index (χ1) is 8.54. The van der Waals surface area contributed by atoms with Gasteiger partial charge in [0.25, 0.3) is 0 Å². The van der Waals surface area contributed by atoms with Crippen LogP contribution in [-0.4, -0.2) is 53.0 Å². The van der Waals surface area contributed by atoms with Crippen LogP contribution in [0.1, 0.15) is 24.4 Å². The molecule has 0 aliphatic carbocycles. The summed E-state index contributed by atoms with van der Waals surface area (Å²) in [6.45, 7) is 4.99. The Morgan fingerprint density at radius 2 is 2.28 bits per heavy atom. The average molecular weight is 249 g/mol. The molecule has 1 unspecified atom stereocenters. The minimum Gasteiger partial charge on any atom is -0.384 e. The third-order valence-electron chi connectivity index (χ3n) is 3.53. The van der Waals surface area contributed by atoms with Crippen LogP contribution in [0.3, 0.4) is 0 Å². The summed E-state index contributed by atoms with van der Waals surface area (Å²) < 4.78 is 0. The van der Waals surface area contributed by atoms with Crippen molar-refractivity contribution in [1.29, 1.82) is 0 Å². The first-order valence-corrected chi connectivity index (χ1v) is 6.53. The fourth-order valence-corrected chi connectivity index (χ4v) is 2.60. The first kappa shape index (κ1) is 13.2. The van der Waals surface area contributed by atoms with E-state index in [2.05, 4.69) is 33.9 Å². The van der Waals surface area contributed by atoms with E-state index in [1.165, 1.54) is 19.4 Å². The molecule has 5 heteroatoms. The molecule has 0 amide bonds. The van der Waals surface area contributed by atoms with Gasteiger partial charge in [0.05, 0.1) is 6.54 Å². The highest BCUT2D eigenvalue weighted by atomic mass is 15.2. The van der Waals surface area contributed by atoms with Crippen LogP contribution in [0, 0.1) is 6.92 Å². The van der Waals surface area contributed by atoms with E-state index in [-0.39, 0.29) is 0 Å². The van der Waals surface area contributed by atoms with E-state index in [1.54, 1.807) is 6.07 Å². The van der Waals surface area contributed by atoms with Crippen LogP contribution < -0.4 is 5.73 Å². The van der Waals surface area contributed by atoms with Crippen LogP contribution in [-0.2, 0) is 6.54 Å². The highest BCUT2D eigenvalue weighted by Crippen LogP contribution is 2.16. The van der Waals surface area contributed by atoms with Crippen LogP contribution in [0.4, 0.5) is 5.82 Å². The molecular weight excluding hydrogens is 226 g/mol. The van der Waals surface area contributed by atoms with Gasteiger partial charge >= 0.3 is 0 Å². The zero-order valence-corrected chi connectivity index (χ0v) is 11.6. The highest BCUT2D eigenvalue weighted by Gasteiger charge is 2.22. The number of likely N-dealkylation sites (N-methyl/N-ethyl adjacent to an activating group) is 2. The Bertz CT molecular complexity index is 386. The summed E-state index contributed by atoms with van der Waals surface area (Å²) in [7, 11) is 4.32. The number of aryl methyl sites for hydroxylation is 1. The van der Waals surface area contributed by atoms with E-state index in [0.717, 1.165) is 24.6 Å². The van der Waals surface area contributed by atoms with Crippen molar-refractivity contribution in [2.45, 2.75) is 32.4 Å². The Morgan fingerprint density at radius 1 is 1.50 bits per heavy atom. The predicted octanol–water partition coefficient (Wildman–Crippen LogP) is 0.893. The molecule has 0 radical (unpaired) electrons. The molecule has 1 saturated heterocycles. The smallest absolute Gasteiger partial charge is 0.144 e. The lowest BCUT2D eigenvalue weighted by atomic mass is 10.2. The van der Waals surface area contributed by atoms with E-state index in [4.69, 9.17) is 5.73 Å². The van der Waals surface area contributed by atoms with Crippen LogP contribution in [0.25, 0.3) is 0 Å². The number of rotatable bonds is 4. The number of nitrogen functional groups attached to an aromatic ring is 1. The number of likely N-dealkylation sites (tertiary alicyclic amines) is 1. The molecule has 0 aromatic carbocycles. The number of nitrogens with two attached hydrogens (primary N) is 1. The maximum atomic E-state index is 5.74. The lowest BCUT2D eigenvalue weighted by molar-refractivity contribution is 0.212. The predicted molar refractivity (Wildman–Crippen MR) is 73.2 cm³/mol. The van der Waals surface area contributed by atoms with Crippen molar-refractivity contribution in [2.24, 2.45) is 0 Å². The number of nitrogens with zero attached hydrogens (tertiary/aromatic N) is 4. The summed E-state index contributed by atoms with van der Waals surface area (Å²) in [6.07, 6.45) is 2.60. The van der Waals surface area contributed by atoms with Crippen molar-refractivity contribution in [3.05, 3.63) is 17.6 Å². The number of anilines is 1. The van der Waals surface area contributed by atoms with Gasteiger partial charge in [-0.15, -0.1) is 0 Å². The van der Waals surface area contributed by atoms with Crippen LogP contribution in [0.15, 0.2) is 6.07 Å². The second kappa shape index (κ2) is 5.63. The van der Waals surface area contributed by atoms with E-state index in [0.29, 0.717) is 11.9 Å². The SMILES string of the molecule is Cc1cc(N)nc(CN(C)CC2CCCN2C)n1. The van der Waals surface area contributed by atoms with Gasteiger partial charge in [-0.05, 0) is 40.4 Å². The fraction of sp³-hybridized carbons (Fsp3) is 0.692. The fourth-order valence-electron chi connectivity index (χ4n) is 2.60. The lowest BCUT2D eigenvalue weighted by Gasteiger charge is -2.25. The minimum absolute atomic E-state index is 0.559. The third kappa shape index (κ3) is 3.40. The van der Waals surface area contributed by atoms with Crippen molar-refractivity contribution >= 4 is 5.82 Å². The van der Waals surface area contributed by atoms with Crippen molar-refractivity contribution < 1.29 is 0 Å². The van der Waals surface area contributed by atoms with Gasteiger partial charge in [-0.25, -0.2) is 9.97 Å². The summed E-state index contributed by atoms with van der Waals surface area (Å²) in [6, 6.07) is 2.46. The second-order valence-corrected chi connectivity index (χ2v) is 5.32. The Hall–Kier alpha value is -1.20. The van der Waals surface area contributed by atoms with Crippen molar-refractivity contribution in [3.8, 4) is 0 Å². The lowest BCUT2D eigenvalue weighted by Crippen LogP contribution is -2.36. The minimum atomic E-state index is 0.559. The molecule has 5 nitrogen and oxygen atoms in total. The van der Waals surface area contributed by atoms with Gasteiger partial charge < -0.3 is 10.6 Å². The van der Waals surface area contributed by atoms with Gasteiger partial charge in [-0.2, -0.15) is 0 Å². The number of hydrogen-bond donors (Lipinski definition) is 1. The van der Waals surface area contributed by atoms with Crippen molar-refractivity contribution in [3.63, 3.8) is 0 Å². The standard InChI is InChI=1S/C13H23N5/c1-10-7-12(14)16-13(15-10)9-17(2)8-11-5-4-6-18(11)3/h7,11H,4-6,8-9H2,1-3H3,(H2,14,15,16). The van der Waals surface area contributed by atoms with E-state index in [1.807, 2.05) is 6.92 Å². The zero-order valence-electron chi connectivity index (χ0n) is 11.6. The van der Waals surface area contributed by atoms with E-state index >= 15 is 0 Å². The highest BCUT2D eigenvalue weighted by molar-refractivity contribution is 5.29. The Kier molecular flexibility index (Phi) is 4.14. The Labute approximate surface area is 109 Å². The molecule has 1 fully saturated rings. The second-order valence-electron chi connectivity index (χ2n) is 5.32. The first-order valence-electron chi connectivity index (χ1n) is 6.53. The monoisotopic (exact) mass is 249 g/mol. The Balaban J connectivity index is 1.92. The summed E-state index contributed by atoms with van der Waals surface area (Å²) in [4.78, 5) is 13.4. The van der Waals surface area contributed by atoms with Gasteiger partial charge in [-0.1, -0.05) is 0 Å². The van der Waals surface area contributed by atoms with Gasteiger partial charge in [0.15, 0.2) is 0 Å². The van der Waals surface area contributed by atoms with Crippen molar-refractivity contribution in [2.75, 3.05) is 32.9 Å². The molecule has 1 aliphatic rings. The normalized spacial score (nSPS) is 20.8. The molecule has 1 aliphatic heterocycles. The molecule has 1 aromatic rings. The number of aromatic nitrogens is 2. The van der Waals surface area contributed by atoms with Gasteiger partial charge in [-0.3, -0.25) is 4.90 Å². The van der Waals surface area contributed by atoms with Crippen LogP contribution in [0.5, 0.6) is 0 Å². The quantitative estimate of drug-likeness (QED) is 0.859. The average Bonchev–Trinajstić information content (AvgIpc) is 2.62. The molecule has 2 heterocycles. The van der Waals surface area contributed by atoms with Crippen LogP contribution in [0.2, 0.25) is 0 Å². The van der Waals surface area contributed by atoms with Crippen molar-refractivity contribution in [1.82, 2.24) is 19.8 Å². The third-order valence-corrected chi connectivity index (χ3v) is 3.53. The maximum absolute atomic E-state index is 5.74. The number of hydrogen-bond acceptors (Lipinski definition) is 5. The van der Waals surface area contributed by atoms with E-state index in [9.17, 15) is 0 Å². The van der Waals surface area contributed by atoms with E-state index < -0.39 is 0 Å². The van der Waals surface area contributed by atoms with Crippen LogP contribution >= 0.6 is 0 Å². The topological polar surface area (TPSA) is 58.3 Å². The molecule has 0 saturated carbocycles. The summed E-state index contributed by atoms with van der Waals surface area (Å²) in [5, 5.41) is 0. The zero-order chi connectivity index (χ0) is 13.1. The van der Waals surface area contributed by atoms with Gasteiger partial charge in [0.1, 0.15) is 11.6 Å². The molecular formula is C13H23N5. The molecule has 1 atom stereocenters. The summed E-state index contributed by atoms with van der Waals surface area (Å²) in [5.74, 6) is 1.37. The molecule has 1 aromatic heterocycles. The molecule has 0 bridgehead atoms.